The van der Waals surface area contributed by atoms with Gasteiger partial charge in [0.15, 0.2) is 0 Å². The van der Waals surface area contributed by atoms with E-state index in [0.717, 1.165) is 25.9 Å². The van der Waals surface area contributed by atoms with Crippen molar-refractivity contribution in [3.05, 3.63) is 0 Å². The summed E-state index contributed by atoms with van der Waals surface area (Å²) in [5, 5.41) is 2.98. The second-order valence-electron chi connectivity index (χ2n) is 5.68. The van der Waals surface area contributed by atoms with Crippen molar-refractivity contribution in [1.29, 1.82) is 0 Å². The minimum absolute atomic E-state index is 0.0675. The van der Waals surface area contributed by atoms with E-state index >= 15 is 0 Å². The Morgan fingerprint density at radius 2 is 2.24 bits per heavy atom. The van der Waals surface area contributed by atoms with Gasteiger partial charge in [0.2, 0.25) is 5.91 Å². The second-order valence-corrected chi connectivity index (χ2v) is 5.68. The monoisotopic (exact) mass is 242 g/mol. The van der Waals surface area contributed by atoms with Crippen molar-refractivity contribution in [3.63, 3.8) is 0 Å². The van der Waals surface area contributed by atoms with Crippen LogP contribution >= 0.6 is 0 Å². The Morgan fingerprint density at radius 1 is 1.53 bits per heavy atom. The summed E-state index contributed by atoms with van der Waals surface area (Å²) in [6.07, 6.45) is 2.95. The Labute approximate surface area is 104 Å². The van der Waals surface area contributed by atoms with E-state index in [4.69, 9.17) is 10.5 Å². The third kappa shape index (κ3) is 4.64. The van der Waals surface area contributed by atoms with Gasteiger partial charge in [0.25, 0.3) is 0 Å². The summed E-state index contributed by atoms with van der Waals surface area (Å²) >= 11 is 0. The fourth-order valence-electron chi connectivity index (χ4n) is 2.27. The maximum absolute atomic E-state index is 12.0. The van der Waals surface area contributed by atoms with Crippen LogP contribution in [0.25, 0.3) is 0 Å². The number of ether oxygens (including phenoxy) is 1. The molecular weight excluding hydrogens is 216 g/mol. The highest BCUT2D eigenvalue weighted by Gasteiger charge is 2.30. The fourth-order valence-corrected chi connectivity index (χ4v) is 2.27. The number of rotatable bonds is 6. The molecule has 2 unspecified atom stereocenters. The lowest BCUT2D eigenvalue weighted by molar-refractivity contribution is -0.126. The summed E-state index contributed by atoms with van der Waals surface area (Å²) in [6.45, 7) is 8.09. The van der Waals surface area contributed by atoms with Gasteiger partial charge in [0, 0.05) is 19.7 Å². The summed E-state index contributed by atoms with van der Waals surface area (Å²) in [5.41, 5.74) is 5.47. The smallest absolute Gasteiger partial charge is 0.224 e. The molecule has 1 saturated heterocycles. The van der Waals surface area contributed by atoms with Crippen LogP contribution in [-0.2, 0) is 9.53 Å². The van der Waals surface area contributed by atoms with Gasteiger partial charge in [-0.15, -0.1) is 0 Å². The Morgan fingerprint density at radius 3 is 2.71 bits per heavy atom. The van der Waals surface area contributed by atoms with Crippen LogP contribution in [-0.4, -0.2) is 31.2 Å². The average Bonchev–Trinajstić information content (AvgIpc) is 2.70. The van der Waals surface area contributed by atoms with Crippen molar-refractivity contribution >= 4 is 5.91 Å². The first-order valence-electron chi connectivity index (χ1n) is 6.58. The molecule has 1 rings (SSSR count). The molecule has 4 heteroatoms. The molecule has 0 aromatic heterocycles. The van der Waals surface area contributed by atoms with Crippen LogP contribution in [0.4, 0.5) is 0 Å². The van der Waals surface area contributed by atoms with Crippen LogP contribution in [0.1, 0.15) is 40.0 Å². The second kappa shape index (κ2) is 6.36. The van der Waals surface area contributed by atoms with E-state index < -0.39 is 0 Å². The van der Waals surface area contributed by atoms with Crippen LogP contribution < -0.4 is 11.1 Å². The maximum atomic E-state index is 12.0. The van der Waals surface area contributed by atoms with Crippen LogP contribution in [0.15, 0.2) is 0 Å². The van der Waals surface area contributed by atoms with E-state index in [1.807, 2.05) is 0 Å². The largest absolute Gasteiger partial charge is 0.373 e. The number of hydrogen-bond acceptors (Lipinski definition) is 3. The third-order valence-corrected chi connectivity index (χ3v) is 3.35. The minimum atomic E-state index is -0.174. The van der Waals surface area contributed by atoms with E-state index in [0.29, 0.717) is 19.0 Å². The molecule has 2 atom stereocenters. The SMILES string of the molecule is CC(C)CC(CN)C(=O)NCC1(C)CCCO1. The normalized spacial score (nSPS) is 26.2. The lowest BCUT2D eigenvalue weighted by atomic mass is 9.96. The van der Waals surface area contributed by atoms with Gasteiger partial charge in [0.1, 0.15) is 0 Å². The van der Waals surface area contributed by atoms with Gasteiger partial charge >= 0.3 is 0 Å². The summed E-state index contributed by atoms with van der Waals surface area (Å²) in [4.78, 5) is 12.0. The average molecular weight is 242 g/mol. The van der Waals surface area contributed by atoms with Crippen molar-refractivity contribution in [1.82, 2.24) is 5.32 Å². The first-order chi connectivity index (χ1) is 7.97. The fraction of sp³-hybridized carbons (Fsp3) is 0.923. The molecular formula is C13H26N2O2. The number of carbonyl (C=O) groups excluding carboxylic acids is 1. The molecule has 1 amide bonds. The summed E-state index contributed by atoms with van der Waals surface area (Å²) in [7, 11) is 0. The van der Waals surface area contributed by atoms with Crippen LogP contribution in [0, 0.1) is 11.8 Å². The number of nitrogens with two attached hydrogens (primary N) is 1. The highest BCUT2D eigenvalue weighted by Crippen LogP contribution is 2.24. The summed E-state index contributed by atoms with van der Waals surface area (Å²) in [5.74, 6) is 0.491. The Balaban J connectivity index is 2.36. The number of hydrogen-bond donors (Lipinski definition) is 2. The first kappa shape index (κ1) is 14.5. The standard InChI is InChI=1S/C13H26N2O2/c1-10(2)7-11(8-14)12(16)15-9-13(3)5-4-6-17-13/h10-11H,4-9,14H2,1-3H3,(H,15,16). The van der Waals surface area contributed by atoms with Gasteiger partial charge in [-0.1, -0.05) is 13.8 Å². The van der Waals surface area contributed by atoms with Gasteiger partial charge in [-0.2, -0.15) is 0 Å². The summed E-state index contributed by atoms with van der Waals surface area (Å²) in [6, 6.07) is 0. The topological polar surface area (TPSA) is 64.4 Å². The van der Waals surface area contributed by atoms with Crippen LogP contribution in [0.3, 0.4) is 0 Å². The first-order valence-corrected chi connectivity index (χ1v) is 6.58. The van der Waals surface area contributed by atoms with Crippen molar-refractivity contribution in [2.45, 2.75) is 45.6 Å². The molecule has 100 valence electrons. The molecule has 0 aromatic carbocycles. The predicted molar refractivity (Wildman–Crippen MR) is 68.6 cm³/mol. The molecule has 0 bridgehead atoms. The van der Waals surface area contributed by atoms with Crippen LogP contribution in [0.2, 0.25) is 0 Å². The number of amides is 1. The molecule has 1 aliphatic rings. The van der Waals surface area contributed by atoms with Crippen LogP contribution in [0.5, 0.6) is 0 Å². The van der Waals surface area contributed by atoms with E-state index in [1.54, 1.807) is 0 Å². The highest BCUT2D eigenvalue weighted by atomic mass is 16.5. The van der Waals surface area contributed by atoms with Gasteiger partial charge in [-0.3, -0.25) is 4.79 Å². The molecule has 0 radical (unpaired) electrons. The molecule has 0 saturated carbocycles. The van der Waals surface area contributed by atoms with Crippen molar-refractivity contribution in [2.75, 3.05) is 19.7 Å². The van der Waals surface area contributed by atoms with E-state index in [2.05, 4.69) is 26.1 Å². The number of carbonyl (C=O) groups is 1. The Hall–Kier alpha value is -0.610. The molecule has 1 fully saturated rings. The quantitative estimate of drug-likeness (QED) is 0.737. The molecule has 17 heavy (non-hydrogen) atoms. The van der Waals surface area contributed by atoms with Crippen molar-refractivity contribution in [2.24, 2.45) is 17.6 Å². The third-order valence-electron chi connectivity index (χ3n) is 3.35. The zero-order valence-corrected chi connectivity index (χ0v) is 11.3. The molecule has 4 nitrogen and oxygen atoms in total. The predicted octanol–water partition coefficient (Wildman–Crippen LogP) is 1.29. The van der Waals surface area contributed by atoms with E-state index in [9.17, 15) is 4.79 Å². The zero-order chi connectivity index (χ0) is 12.9. The summed E-state index contributed by atoms with van der Waals surface area (Å²) < 4.78 is 5.64. The maximum Gasteiger partial charge on any atom is 0.224 e. The minimum Gasteiger partial charge on any atom is -0.373 e. The highest BCUT2D eigenvalue weighted by molar-refractivity contribution is 5.78. The lowest BCUT2D eigenvalue weighted by Gasteiger charge is -2.25. The van der Waals surface area contributed by atoms with Gasteiger partial charge < -0.3 is 15.8 Å². The molecule has 0 spiro atoms. The van der Waals surface area contributed by atoms with E-state index in [1.165, 1.54) is 0 Å². The Bertz CT molecular complexity index is 248. The molecule has 0 aliphatic carbocycles. The van der Waals surface area contributed by atoms with E-state index in [-0.39, 0.29) is 17.4 Å². The lowest BCUT2D eigenvalue weighted by Crippen LogP contribution is -2.44. The molecule has 0 aromatic rings. The van der Waals surface area contributed by atoms with Crippen molar-refractivity contribution < 1.29 is 9.53 Å². The van der Waals surface area contributed by atoms with Gasteiger partial charge in [-0.25, -0.2) is 0 Å². The number of nitrogens with one attached hydrogen (secondary N) is 1. The Kier molecular flexibility index (Phi) is 5.40. The van der Waals surface area contributed by atoms with Gasteiger partial charge in [-0.05, 0) is 32.1 Å². The van der Waals surface area contributed by atoms with Gasteiger partial charge in [0.05, 0.1) is 11.5 Å². The van der Waals surface area contributed by atoms with Crippen molar-refractivity contribution in [3.8, 4) is 0 Å². The molecule has 3 N–H and O–H groups in total. The molecule has 1 heterocycles. The zero-order valence-electron chi connectivity index (χ0n) is 11.3. The molecule has 1 aliphatic heterocycles.